The maximum atomic E-state index is 6.04. The van der Waals surface area contributed by atoms with Gasteiger partial charge in [0.25, 0.3) is 0 Å². The molecule has 2 aromatic rings. The van der Waals surface area contributed by atoms with Crippen LogP contribution in [0.1, 0.15) is 29.7 Å². The van der Waals surface area contributed by atoms with E-state index in [9.17, 15) is 0 Å². The van der Waals surface area contributed by atoms with Gasteiger partial charge in [0.2, 0.25) is 0 Å². The van der Waals surface area contributed by atoms with Crippen molar-refractivity contribution in [1.82, 2.24) is 5.32 Å². The fourth-order valence-corrected chi connectivity index (χ4v) is 5.23. The molecule has 1 N–H and O–H groups in total. The summed E-state index contributed by atoms with van der Waals surface area (Å²) in [6.07, 6.45) is 0. The molecule has 0 aliphatic rings. The summed E-state index contributed by atoms with van der Waals surface area (Å²) in [5.41, 5.74) is 3.72. The zero-order valence-corrected chi connectivity index (χ0v) is 15.4. The smallest absolute Gasteiger partial charge is 0.0761 e. The molecule has 0 aliphatic carbocycles. The van der Waals surface area contributed by atoms with Crippen LogP contribution in [0.15, 0.2) is 31.8 Å². The summed E-state index contributed by atoms with van der Waals surface area (Å²) in [5, 5.41) is 4.32. The molecule has 1 nitrogen and oxygen atoms in total. The average molecular weight is 424 g/mol. The van der Waals surface area contributed by atoms with Crippen molar-refractivity contribution in [3.63, 3.8) is 0 Å². The van der Waals surface area contributed by atoms with Crippen LogP contribution in [0.25, 0.3) is 0 Å². The Balaban J connectivity index is 2.48. The van der Waals surface area contributed by atoms with Crippen molar-refractivity contribution >= 4 is 54.8 Å². The monoisotopic (exact) mass is 421 g/mol. The van der Waals surface area contributed by atoms with E-state index in [0.29, 0.717) is 0 Å². The number of thiophene rings is 1. The Morgan fingerprint density at radius 3 is 2.53 bits per heavy atom. The predicted molar refractivity (Wildman–Crippen MR) is 91.4 cm³/mol. The summed E-state index contributed by atoms with van der Waals surface area (Å²) in [6, 6.07) is 8.40. The SMILES string of the molecule is CCNC(c1ccc(Cl)cc1C)c1cc(Br)sc1Br. The van der Waals surface area contributed by atoms with E-state index in [1.54, 1.807) is 11.3 Å². The van der Waals surface area contributed by atoms with Gasteiger partial charge in [-0.25, -0.2) is 0 Å². The highest BCUT2D eigenvalue weighted by molar-refractivity contribution is 9.12. The number of halogens is 3. The summed E-state index contributed by atoms with van der Waals surface area (Å²) < 4.78 is 2.28. The van der Waals surface area contributed by atoms with Crippen LogP contribution in [-0.4, -0.2) is 6.54 Å². The zero-order chi connectivity index (χ0) is 14.0. The number of hydrogen-bond donors (Lipinski definition) is 1. The number of rotatable bonds is 4. The van der Waals surface area contributed by atoms with Gasteiger partial charge in [-0.05, 0) is 80.2 Å². The standard InChI is InChI=1S/C14H14Br2ClNS/c1-3-18-13(11-7-12(15)19-14(11)16)10-5-4-9(17)6-8(10)2/h4-7,13,18H,3H2,1-2H3. The molecule has 102 valence electrons. The van der Waals surface area contributed by atoms with Crippen LogP contribution in [-0.2, 0) is 0 Å². The molecule has 0 saturated carbocycles. The molecule has 0 aliphatic heterocycles. The lowest BCUT2D eigenvalue weighted by atomic mass is 9.97. The average Bonchev–Trinajstić information content (AvgIpc) is 2.66. The van der Waals surface area contributed by atoms with Gasteiger partial charge in [-0.2, -0.15) is 0 Å². The van der Waals surface area contributed by atoms with Crippen LogP contribution in [0.5, 0.6) is 0 Å². The summed E-state index contributed by atoms with van der Waals surface area (Å²) in [4.78, 5) is 0. The molecule has 0 amide bonds. The van der Waals surface area contributed by atoms with Crippen molar-refractivity contribution in [1.29, 1.82) is 0 Å². The van der Waals surface area contributed by atoms with Gasteiger partial charge < -0.3 is 5.32 Å². The van der Waals surface area contributed by atoms with Gasteiger partial charge in [-0.15, -0.1) is 11.3 Å². The van der Waals surface area contributed by atoms with Gasteiger partial charge in [0.1, 0.15) is 0 Å². The predicted octanol–water partition coefficient (Wildman–Crippen LogP) is 5.93. The van der Waals surface area contributed by atoms with Crippen molar-refractivity contribution in [2.45, 2.75) is 19.9 Å². The Morgan fingerprint density at radius 1 is 1.26 bits per heavy atom. The number of benzene rings is 1. The number of aryl methyl sites for hydroxylation is 1. The summed E-state index contributed by atoms with van der Waals surface area (Å²) in [5.74, 6) is 0. The molecule has 0 radical (unpaired) electrons. The molecule has 0 bridgehead atoms. The van der Waals surface area contributed by atoms with E-state index in [2.05, 4.69) is 63.2 Å². The van der Waals surface area contributed by atoms with Gasteiger partial charge in [-0.1, -0.05) is 24.6 Å². The van der Waals surface area contributed by atoms with Crippen LogP contribution in [0.4, 0.5) is 0 Å². The molecule has 1 atom stereocenters. The van der Waals surface area contributed by atoms with Crippen LogP contribution in [0, 0.1) is 6.92 Å². The van der Waals surface area contributed by atoms with Gasteiger partial charge >= 0.3 is 0 Å². The number of nitrogens with one attached hydrogen (secondary N) is 1. The lowest BCUT2D eigenvalue weighted by molar-refractivity contribution is 0.627. The van der Waals surface area contributed by atoms with Crippen LogP contribution in [0.2, 0.25) is 5.02 Å². The fraction of sp³-hybridized carbons (Fsp3) is 0.286. The molecular weight excluding hydrogens is 409 g/mol. The normalized spacial score (nSPS) is 12.7. The minimum Gasteiger partial charge on any atom is -0.306 e. The Hall–Kier alpha value is 0.130. The van der Waals surface area contributed by atoms with E-state index < -0.39 is 0 Å². The minimum atomic E-state index is 0.180. The van der Waals surface area contributed by atoms with E-state index >= 15 is 0 Å². The Labute approximate surface area is 139 Å². The molecular formula is C14H14Br2ClNS. The molecule has 0 fully saturated rings. The molecule has 1 heterocycles. The molecule has 5 heteroatoms. The first-order chi connectivity index (χ1) is 9.02. The van der Waals surface area contributed by atoms with Gasteiger partial charge in [0.15, 0.2) is 0 Å². The lowest BCUT2D eigenvalue weighted by Gasteiger charge is -2.20. The fourth-order valence-electron chi connectivity index (χ4n) is 2.10. The molecule has 2 rings (SSSR count). The van der Waals surface area contributed by atoms with Crippen LogP contribution < -0.4 is 5.32 Å². The number of hydrogen-bond acceptors (Lipinski definition) is 2. The third kappa shape index (κ3) is 3.61. The Morgan fingerprint density at radius 2 is 2.00 bits per heavy atom. The van der Waals surface area contributed by atoms with E-state index in [1.165, 1.54) is 16.7 Å². The summed E-state index contributed by atoms with van der Waals surface area (Å²) in [6.45, 7) is 5.13. The third-order valence-corrected chi connectivity index (χ3v) is 5.57. The molecule has 1 aromatic carbocycles. The quantitative estimate of drug-likeness (QED) is 0.642. The summed E-state index contributed by atoms with van der Waals surface area (Å²) >= 11 is 14.9. The zero-order valence-electron chi connectivity index (χ0n) is 10.6. The molecule has 1 unspecified atom stereocenters. The van der Waals surface area contributed by atoms with Crippen LogP contribution >= 0.6 is 54.8 Å². The first-order valence-electron chi connectivity index (χ1n) is 5.97. The minimum absolute atomic E-state index is 0.180. The topological polar surface area (TPSA) is 12.0 Å². The van der Waals surface area contributed by atoms with E-state index in [1.807, 2.05) is 12.1 Å². The first-order valence-corrected chi connectivity index (χ1v) is 8.75. The van der Waals surface area contributed by atoms with Crippen molar-refractivity contribution < 1.29 is 0 Å². The van der Waals surface area contributed by atoms with Crippen molar-refractivity contribution in [3.8, 4) is 0 Å². The molecule has 1 aromatic heterocycles. The summed E-state index contributed by atoms with van der Waals surface area (Å²) in [7, 11) is 0. The third-order valence-electron chi connectivity index (χ3n) is 2.95. The molecule has 0 saturated heterocycles. The van der Waals surface area contributed by atoms with Gasteiger partial charge in [-0.3, -0.25) is 0 Å². The van der Waals surface area contributed by atoms with Gasteiger partial charge in [0, 0.05) is 5.02 Å². The highest BCUT2D eigenvalue weighted by atomic mass is 79.9. The van der Waals surface area contributed by atoms with Crippen molar-refractivity contribution in [3.05, 3.63) is 53.6 Å². The van der Waals surface area contributed by atoms with Gasteiger partial charge in [0.05, 0.1) is 13.6 Å². The first kappa shape index (κ1) is 15.5. The maximum Gasteiger partial charge on any atom is 0.0761 e. The van der Waals surface area contributed by atoms with Crippen LogP contribution in [0.3, 0.4) is 0 Å². The maximum absolute atomic E-state index is 6.04. The van der Waals surface area contributed by atoms with E-state index in [4.69, 9.17) is 11.6 Å². The van der Waals surface area contributed by atoms with Crippen molar-refractivity contribution in [2.75, 3.05) is 6.54 Å². The van der Waals surface area contributed by atoms with E-state index in [-0.39, 0.29) is 6.04 Å². The second-order valence-electron chi connectivity index (χ2n) is 4.27. The Kier molecular flexibility index (Phi) is 5.49. The largest absolute Gasteiger partial charge is 0.306 e. The molecule has 19 heavy (non-hydrogen) atoms. The second-order valence-corrected chi connectivity index (χ2v) is 8.46. The van der Waals surface area contributed by atoms with Crippen molar-refractivity contribution in [2.24, 2.45) is 0 Å². The Bertz CT molecular complexity index is 583. The lowest BCUT2D eigenvalue weighted by Crippen LogP contribution is -2.22. The van der Waals surface area contributed by atoms with E-state index in [0.717, 1.165) is 19.1 Å². The highest BCUT2D eigenvalue weighted by Crippen LogP contribution is 2.38. The second kappa shape index (κ2) is 6.72. The highest BCUT2D eigenvalue weighted by Gasteiger charge is 2.20. The molecule has 0 spiro atoms.